The number of ether oxygens (including phenoxy) is 1. The minimum absolute atomic E-state index is 0.251. The number of aliphatic imine (C=N–C) groups is 1. The highest BCUT2D eigenvalue weighted by Crippen LogP contribution is 2.43. The average molecular weight is 248 g/mol. The Hall–Kier alpha value is -1.90. The van der Waals surface area contributed by atoms with E-state index in [1.54, 1.807) is 0 Å². The van der Waals surface area contributed by atoms with Gasteiger partial charge in [-0.2, -0.15) is 18.2 Å². The predicted molar refractivity (Wildman–Crippen MR) is 50.1 cm³/mol. The Morgan fingerprint density at radius 3 is 2.59 bits per heavy atom. The van der Waals surface area contributed by atoms with Crippen molar-refractivity contribution >= 4 is 11.8 Å². The van der Waals surface area contributed by atoms with E-state index in [-0.39, 0.29) is 5.82 Å². The number of alkyl halides is 3. The molecule has 2 heterocycles. The van der Waals surface area contributed by atoms with Gasteiger partial charge < -0.3 is 9.84 Å². The van der Waals surface area contributed by atoms with Crippen LogP contribution in [0.3, 0.4) is 0 Å². The number of nitrogens with zero attached hydrogens (tertiary/aromatic N) is 3. The summed E-state index contributed by atoms with van der Waals surface area (Å²) in [7, 11) is 1.12. The highest BCUT2D eigenvalue weighted by Gasteiger charge is 2.60. The Bertz CT molecular complexity index is 476. The zero-order chi connectivity index (χ0) is 12.7. The average Bonchev–Trinajstić information content (AvgIpc) is 2.27. The normalized spacial score (nSPS) is 23.5. The molecule has 0 amide bonds. The van der Waals surface area contributed by atoms with Gasteiger partial charge in [-0.05, 0) is 0 Å². The Morgan fingerprint density at radius 1 is 1.35 bits per heavy atom. The van der Waals surface area contributed by atoms with E-state index in [0.29, 0.717) is 0 Å². The first kappa shape index (κ1) is 11.6. The fourth-order valence-corrected chi connectivity index (χ4v) is 1.31. The summed E-state index contributed by atoms with van der Waals surface area (Å²) in [5.41, 5.74) is -4.17. The number of aromatic nitrogens is 2. The van der Waals surface area contributed by atoms with Crippen molar-refractivity contribution in [1.82, 2.24) is 9.97 Å². The minimum Gasteiger partial charge on any atom is -0.468 e. The van der Waals surface area contributed by atoms with Crippen LogP contribution in [0.1, 0.15) is 5.69 Å². The zero-order valence-electron chi connectivity index (χ0n) is 8.49. The summed E-state index contributed by atoms with van der Waals surface area (Å²) in [5.74, 6) is -0.251. The molecule has 0 aromatic carbocycles. The van der Waals surface area contributed by atoms with Gasteiger partial charge in [0.1, 0.15) is 5.69 Å². The molecule has 0 aliphatic carbocycles. The summed E-state index contributed by atoms with van der Waals surface area (Å²) < 4.78 is 43.0. The highest BCUT2D eigenvalue weighted by molar-refractivity contribution is 5.90. The smallest absolute Gasteiger partial charge is 0.445 e. The molecular formula is C8H7F3N4O2. The first-order valence-electron chi connectivity index (χ1n) is 4.40. The van der Waals surface area contributed by atoms with Crippen LogP contribution in [-0.4, -0.2) is 34.4 Å². The summed E-state index contributed by atoms with van der Waals surface area (Å²) >= 11 is 0. The second-order valence-electron chi connectivity index (χ2n) is 3.17. The fourth-order valence-electron chi connectivity index (χ4n) is 1.31. The molecule has 2 N–H and O–H groups in total. The maximum Gasteiger partial charge on any atom is 0.445 e. The summed E-state index contributed by atoms with van der Waals surface area (Å²) in [6, 6.07) is -0.488. The van der Waals surface area contributed by atoms with Gasteiger partial charge in [0.2, 0.25) is 0 Å². The number of rotatable bonds is 0. The number of hydrogen-bond donors (Lipinski definition) is 2. The number of aliphatic hydroxyl groups is 1. The summed E-state index contributed by atoms with van der Waals surface area (Å²) in [4.78, 5) is 10.1. The maximum atomic E-state index is 12.8. The van der Waals surface area contributed by atoms with E-state index in [1.165, 1.54) is 6.20 Å². The van der Waals surface area contributed by atoms with Crippen LogP contribution in [0.25, 0.3) is 0 Å². The maximum absolute atomic E-state index is 12.8. The second kappa shape index (κ2) is 3.55. The molecule has 0 saturated heterocycles. The molecule has 6 nitrogen and oxygen atoms in total. The molecule has 1 aromatic rings. The van der Waals surface area contributed by atoms with E-state index in [2.05, 4.69) is 25.0 Å². The van der Waals surface area contributed by atoms with Crippen molar-refractivity contribution in [3.05, 3.63) is 18.1 Å². The van der Waals surface area contributed by atoms with Gasteiger partial charge >= 0.3 is 11.9 Å². The van der Waals surface area contributed by atoms with Crippen LogP contribution in [-0.2, 0) is 10.5 Å². The zero-order valence-corrected chi connectivity index (χ0v) is 8.49. The largest absolute Gasteiger partial charge is 0.468 e. The second-order valence-corrected chi connectivity index (χ2v) is 3.17. The van der Waals surface area contributed by atoms with E-state index in [0.717, 1.165) is 13.3 Å². The molecule has 1 aromatic heterocycles. The lowest BCUT2D eigenvalue weighted by Gasteiger charge is -2.30. The van der Waals surface area contributed by atoms with E-state index >= 15 is 0 Å². The number of methoxy groups -OCH3 is 1. The van der Waals surface area contributed by atoms with Crippen LogP contribution < -0.4 is 5.32 Å². The van der Waals surface area contributed by atoms with Crippen molar-refractivity contribution in [2.24, 2.45) is 4.99 Å². The van der Waals surface area contributed by atoms with E-state index in [4.69, 9.17) is 0 Å². The third-order valence-electron chi connectivity index (χ3n) is 2.11. The molecule has 9 heteroatoms. The topological polar surface area (TPSA) is 79.6 Å². The summed E-state index contributed by atoms with van der Waals surface area (Å²) in [5, 5.41) is 12.0. The third kappa shape index (κ3) is 1.68. The lowest BCUT2D eigenvalue weighted by molar-refractivity contribution is -0.265. The quantitative estimate of drug-likeness (QED) is 0.703. The van der Waals surface area contributed by atoms with Gasteiger partial charge in [0.15, 0.2) is 5.82 Å². The van der Waals surface area contributed by atoms with Gasteiger partial charge in [0.05, 0.1) is 7.11 Å². The molecule has 0 radical (unpaired) electrons. The Labute approximate surface area is 93.2 Å². The van der Waals surface area contributed by atoms with Crippen molar-refractivity contribution in [3.8, 4) is 0 Å². The molecular weight excluding hydrogens is 241 g/mol. The van der Waals surface area contributed by atoms with Gasteiger partial charge in [-0.25, -0.2) is 4.98 Å². The van der Waals surface area contributed by atoms with Gasteiger partial charge in [0, 0.05) is 12.4 Å². The summed E-state index contributed by atoms with van der Waals surface area (Å²) in [6.07, 6.45) is -2.81. The van der Waals surface area contributed by atoms with Gasteiger partial charge in [-0.15, -0.1) is 0 Å². The number of nitrogens with one attached hydrogen (secondary N) is 1. The molecule has 17 heavy (non-hydrogen) atoms. The summed E-state index contributed by atoms with van der Waals surface area (Å²) in [6.45, 7) is 0. The van der Waals surface area contributed by atoms with Crippen molar-refractivity contribution in [2.75, 3.05) is 12.4 Å². The lowest BCUT2D eigenvalue weighted by atomic mass is 10.1. The highest BCUT2D eigenvalue weighted by atomic mass is 19.4. The van der Waals surface area contributed by atoms with Crippen LogP contribution in [0, 0.1) is 0 Å². The number of anilines is 1. The minimum atomic E-state index is -5.02. The first-order chi connectivity index (χ1) is 7.88. The van der Waals surface area contributed by atoms with Crippen LogP contribution in [0.5, 0.6) is 0 Å². The molecule has 1 unspecified atom stereocenters. The Kier molecular flexibility index (Phi) is 2.42. The Balaban J connectivity index is 2.62. The molecule has 1 aliphatic heterocycles. The van der Waals surface area contributed by atoms with Crippen molar-refractivity contribution in [1.29, 1.82) is 0 Å². The lowest BCUT2D eigenvalue weighted by Crippen LogP contribution is -2.46. The van der Waals surface area contributed by atoms with Crippen LogP contribution in [0.15, 0.2) is 17.4 Å². The molecule has 1 atom stereocenters. The molecule has 0 saturated carbocycles. The Morgan fingerprint density at radius 2 is 2.00 bits per heavy atom. The standard InChI is InChI=1S/C8H7F3N4O2/c1-17-6-14-5-4(12-2-3-13-5)7(16,15-6)8(9,10)11/h2-3,16H,1H3,(H,13,14,15). The SMILES string of the molecule is COC1=NC(O)(C(F)(F)F)c2nccnc2N1. The monoisotopic (exact) mass is 248 g/mol. The number of fused-ring (bicyclic) bond motifs is 1. The first-order valence-corrected chi connectivity index (χ1v) is 4.40. The van der Waals surface area contributed by atoms with Gasteiger partial charge in [-0.1, -0.05) is 0 Å². The van der Waals surface area contributed by atoms with Gasteiger partial charge in [-0.3, -0.25) is 10.3 Å². The van der Waals surface area contributed by atoms with E-state index in [1.807, 2.05) is 0 Å². The molecule has 2 rings (SSSR count). The van der Waals surface area contributed by atoms with Crippen molar-refractivity contribution < 1.29 is 23.0 Å². The number of amidine groups is 1. The number of halogens is 3. The van der Waals surface area contributed by atoms with E-state index < -0.39 is 23.6 Å². The van der Waals surface area contributed by atoms with Crippen LogP contribution in [0.4, 0.5) is 19.0 Å². The van der Waals surface area contributed by atoms with Crippen LogP contribution in [0.2, 0.25) is 0 Å². The molecule has 0 spiro atoms. The predicted octanol–water partition coefficient (Wildman–Crippen LogP) is 0.612. The van der Waals surface area contributed by atoms with E-state index in [9.17, 15) is 18.3 Å². The van der Waals surface area contributed by atoms with Crippen LogP contribution >= 0.6 is 0 Å². The molecule has 0 fully saturated rings. The van der Waals surface area contributed by atoms with Crippen molar-refractivity contribution in [3.63, 3.8) is 0 Å². The molecule has 1 aliphatic rings. The van der Waals surface area contributed by atoms with Gasteiger partial charge in [0.25, 0.3) is 6.02 Å². The third-order valence-corrected chi connectivity index (χ3v) is 2.11. The molecule has 92 valence electrons. The van der Waals surface area contributed by atoms with Crippen molar-refractivity contribution in [2.45, 2.75) is 11.9 Å². The fraction of sp³-hybridized carbons (Fsp3) is 0.375. The number of hydrogen-bond acceptors (Lipinski definition) is 6. The molecule has 0 bridgehead atoms.